The summed E-state index contributed by atoms with van der Waals surface area (Å²) in [5, 5.41) is 0.641. The molecule has 3 aromatic rings. The molecule has 2 aromatic carbocycles. The van der Waals surface area contributed by atoms with Crippen LogP contribution in [-0.2, 0) is 9.53 Å². The zero-order valence-corrected chi connectivity index (χ0v) is 21.4. The number of rotatable bonds is 8. The van der Waals surface area contributed by atoms with Gasteiger partial charge in [0.05, 0.1) is 18.6 Å². The van der Waals surface area contributed by atoms with Crippen molar-refractivity contribution in [2.45, 2.75) is 51.4 Å². The molecule has 0 aliphatic carbocycles. The van der Waals surface area contributed by atoms with E-state index < -0.39 is 47.3 Å². The summed E-state index contributed by atoms with van der Waals surface area (Å²) in [7, 11) is 1.76. The molecule has 3 unspecified atom stereocenters. The maximum atomic E-state index is 13.4. The molecule has 1 aromatic heterocycles. The summed E-state index contributed by atoms with van der Waals surface area (Å²) >= 11 is 0. The van der Waals surface area contributed by atoms with Crippen molar-refractivity contribution < 1.29 is 31.9 Å². The summed E-state index contributed by atoms with van der Waals surface area (Å²) in [5.74, 6) is -0.340. The van der Waals surface area contributed by atoms with Crippen LogP contribution in [0.1, 0.15) is 34.1 Å². The second kappa shape index (κ2) is 9.20. The predicted octanol–water partition coefficient (Wildman–Crippen LogP) is 5.82. The van der Waals surface area contributed by atoms with Crippen LogP contribution >= 0.6 is 0 Å². The van der Waals surface area contributed by atoms with Crippen molar-refractivity contribution in [3.05, 3.63) is 65.0 Å². The highest BCUT2D eigenvalue weighted by Gasteiger charge is 2.70. The number of alkyl halides is 3. The van der Waals surface area contributed by atoms with E-state index in [-0.39, 0.29) is 17.9 Å². The van der Waals surface area contributed by atoms with Crippen molar-refractivity contribution in [2.75, 3.05) is 20.3 Å². The van der Waals surface area contributed by atoms with E-state index in [0.29, 0.717) is 16.5 Å². The molecule has 1 saturated heterocycles. The number of carbonyl (C=O) groups excluding carboxylic acids is 1. The van der Waals surface area contributed by atoms with E-state index in [9.17, 15) is 22.8 Å². The van der Waals surface area contributed by atoms with Gasteiger partial charge in [-0.05, 0) is 51.6 Å². The second-order valence-corrected chi connectivity index (χ2v) is 10.7. The van der Waals surface area contributed by atoms with Crippen molar-refractivity contribution in [1.29, 1.82) is 0 Å². The van der Waals surface area contributed by atoms with Gasteiger partial charge in [-0.2, -0.15) is 13.2 Å². The summed E-state index contributed by atoms with van der Waals surface area (Å²) in [4.78, 5) is 27.1. The zero-order valence-electron chi connectivity index (χ0n) is 21.4. The topological polar surface area (TPSA) is 68.8 Å². The Labute approximate surface area is 213 Å². The highest BCUT2D eigenvalue weighted by Crippen LogP contribution is 2.50. The van der Waals surface area contributed by atoms with Gasteiger partial charge >= 0.3 is 17.8 Å². The highest BCUT2D eigenvalue weighted by molar-refractivity contribution is 5.87. The zero-order chi connectivity index (χ0) is 27.2. The van der Waals surface area contributed by atoms with Crippen molar-refractivity contribution in [2.24, 2.45) is 5.41 Å². The molecule has 6 nitrogen and oxygen atoms in total. The van der Waals surface area contributed by atoms with Crippen LogP contribution in [0, 0.1) is 5.41 Å². The number of likely N-dealkylation sites (N-methyl/N-ethyl adjacent to an activating group) is 1. The second-order valence-electron chi connectivity index (χ2n) is 10.7. The first-order valence-electron chi connectivity index (χ1n) is 11.9. The molecule has 0 saturated carbocycles. The molecular formula is C28H30F3NO5. The molecule has 1 aliphatic rings. The fourth-order valence-corrected chi connectivity index (χ4v) is 4.62. The first-order chi connectivity index (χ1) is 17.2. The molecule has 0 radical (unpaired) electrons. The highest BCUT2D eigenvalue weighted by atomic mass is 19.4. The average Bonchev–Trinajstić information content (AvgIpc) is 3.24. The van der Waals surface area contributed by atoms with Gasteiger partial charge < -0.3 is 13.9 Å². The Bertz CT molecular complexity index is 1370. The van der Waals surface area contributed by atoms with Gasteiger partial charge in [0.2, 0.25) is 0 Å². The minimum Gasteiger partial charge on any atom is -0.493 e. The number of esters is 1. The van der Waals surface area contributed by atoms with Crippen LogP contribution in [0.2, 0.25) is 0 Å². The van der Waals surface area contributed by atoms with Crippen molar-refractivity contribution in [3.8, 4) is 16.9 Å². The number of hydrogen-bond donors (Lipinski definition) is 0. The third-order valence-electron chi connectivity index (χ3n) is 7.61. The third-order valence-corrected chi connectivity index (χ3v) is 7.61. The Morgan fingerprint density at radius 3 is 2.27 bits per heavy atom. The fraction of sp³-hybridized carbons (Fsp3) is 0.429. The Hall–Kier alpha value is -3.33. The molecule has 2 heterocycles. The Kier molecular flexibility index (Phi) is 6.65. The molecule has 198 valence electrons. The van der Waals surface area contributed by atoms with Gasteiger partial charge in [0.25, 0.3) is 0 Å². The minimum atomic E-state index is -4.49. The van der Waals surface area contributed by atoms with Gasteiger partial charge in [-0.3, -0.25) is 4.90 Å². The van der Waals surface area contributed by atoms with Gasteiger partial charge in [0, 0.05) is 22.4 Å². The fourth-order valence-electron chi connectivity index (χ4n) is 4.62. The summed E-state index contributed by atoms with van der Waals surface area (Å²) in [6.45, 7) is 5.98. The SMILES string of the molecule is CN1C(C)(C)C1(C)C(=O)OCC(C)(COc1ccc2cc(-c3ccccc3)c(=O)oc2c1)CC(F)(F)F. The molecular weight excluding hydrogens is 487 g/mol. The van der Waals surface area contributed by atoms with Crippen LogP contribution in [0.5, 0.6) is 5.75 Å². The van der Waals surface area contributed by atoms with Crippen LogP contribution in [-0.4, -0.2) is 48.4 Å². The van der Waals surface area contributed by atoms with Gasteiger partial charge in [-0.1, -0.05) is 37.3 Å². The van der Waals surface area contributed by atoms with Crippen molar-refractivity contribution in [1.82, 2.24) is 4.90 Å². The molecule has 3 atom stereocenters. The summed E-state index contributed by atoms with van der Waals surface area (Å²) in [6.07, 6.45) is -5.69. The largest absolute Gasteiger partial charge is 0.493 e. The summed E-state index contributed by atoms with van der Waals surface area (Å²) in [6, 6.07) is 15.5. The van der Waals surface area contributed by atoms with E-state index >= 15 is 0 Å². The number of benzene rings is 2. The molecule has 1 fully saturated rings. The lowest BCUT2D eigenvalue weighted by atomic mass is 9.88. The van der Waals surface area contributed by atoms with Crippen LogP contribution in [0.15, 0.2) is 63.8 Å². The number of nitrogens with zero attached hydrogens (tertiary/aromatic N) is 1. The van der Waals surface area contributed by atoms with Crippen molar-refractivity contribution >= 4 is 16.9 Å². The lowest BCUT2D eigenvalue weighted by Crippen LogP contribution is -2.39. The molecule has 0 bridgehead atoms. The van der Waals surface area contributed by atoms with E-state index in [1.165, 1.54) is 13.0 Å². The standard InChI is InChI=1S/C28H30F3NO5/c1-25(2)27(4,32(25)5)24(34)36-17-26(3,15-28(29,30)31)16-35-20-12-11-19-13-21(18-9-7-6-8-10-18)23(33)37-22(19)14-20/h6-14H,15-17H2,1-5H3. The van der Waals surface area contributed by atoms with Crippen LogP contribution in [0.25, 0.3) is 22.1 Å². The Morgan fingerprint density at radius 1 is 1.03 bits per heavy atom. The maximum absolute atomic E-state index is 13.4. The lowest BCUT2D eigenvalue weighted by molar-refractivity contribution is -0.176. The molecule has 4 rings (SSSR count). The molecule has 0 spiro atoms. The molecule has 0 amide bonds. The van der Waals surface area contributed by atoms with Crippen LogP contribution < -0.4 is 10.4 Å². The first kappa shape index (κ1) is 26.7. The van der Waals surface area contributed by atoms with E-state index in [1.54, 1.807) is 44.3 Å². The Morgan fingerprint density at radius 2 is 1.68 bits per heavy atom. The Balaban J connectivity index is 1.50. The van der Waals surface area contributed by atoms with Gasteiger partial charge in [0.1, 0.15) is 23.5 Å². The minimum absolute atomic E-state index is 0.234. The van der Waals surface area contributed by atoms with Gasteiger partial charge in [-0.15, -0.1) is 0 Å². The van der Waals surface area contributed by atoms with Crippen LogP contribution in [0.4, 0.5) is 13.2 Å². The first-order valence-corrected chi connectivity index (χ1v) is 11.9. The summed E-state index contributed by atoms with van der Waals surface area (Å²) in [5.41, 5.74) is -2.05. The molecule has 37 heavy (non-hydrogen) atoms. The monoisotopic (exact) mass is 517 g/mol. The smallest absolute Gasteiger partial charge is 0.389 e. The molecule has 1 aliphatic heterocycles. The predicted molar refractivity (Wildman–Crippen MR) is 133 cm³/mol. The average molecular weight is 518 g/mol. The molecule has 9 heteroatoms. The number of carbonyl (C=O) groups is 1. The lowest BCUT2D eigenvalue weighted by Gasteiger charge is -2.30. The van der Waals surface area contributed by atoms with E-state index in [1.807, 2.05) is 36.9 Å². The third kappa shape index (κ3) is 5.23. The van der Waals surface area contributed by atoms with Gasteiger partial charge in [0.15, 0.2) is 0 Å². The maximum Gasteiger partial charge on any atom is 0.389 e. The van der Waals surface area contributed by atoms with Gasteiger partial charge in [-0.25, -0.2) is 9.59 Å². The number of ether oxygens (including phenoxy) is 2. The number of halogens is 3. The molecule has 0 N–H and O–H groups in total. The van der Waals surface area contributed by atoms with E-state index in [4.69, 9.17) is 13.9 Å². The summed E-state index contributed by atoms with van der Waals surface area (Å²) < 4.78 is 56.8. The number of fused-ring (bicyclic) bond motifs is 1. The number of hydrogen-bond acceptors (Lipinski definition) is 6. The normalized spacial score (nSPS) is 22.3. The van der Waals surface area contributed by atoms with E-state index in [2.05, 4.69) is 0 Å². The quantitative estimate of drug-likeness (QED) is 0.213. The van der Waals surface area contributed by atoms with Crippen molar-refractivity contribution in [3.63, 3.8) is 0 Å². The van der Waals surface area contributed by atoms with E-state index in [0.717, 1.165) is 0 Å². The van der Waals surface area contributed by atoms with Crippen LogP contribution in [0.3, 0.4) is 0 Å².